The van der Waals surface area contributed by atoms with Crippen molar-refractivity contribution in [3.63, 3.8) is 0 Å². The van der Waals surface area contributed by atoms with Crippen LogP contribution in [-0.4, -0.2) is 22.2 Å². The van der Waals surface area contributed by atoms with Crippen LogP contribution >= 0.6 is 0 Å². The van der Waals surface area contributed by atoms with Gasteiger partial charge in [-0.3, -0.25) is 9.48 Å². The molecule has 1 amide bonds. The van der Waals surface area contributed by atoms with E-state index in [0.717, 1.165) is 5.56 Å². The molecule has 0 saturated heterocycles. The molecule has 0 unspecified atom stereocenters. The molecule has 6 heteroatoms. The quantitative estimate of drug-likeness (QED) is 0.734. The summed E-state index contributed by atoms with van der Waals surface area (Å²) in [7, 11) is 0. The molecule has 1 aliphatic heterocycles. The molecule has 1 aromatic heterocycles. The first-order valence-electron chi connectivity index (χ1n) is 8.03. The van der Waals surface area contributed by atoms with Crippen LogP contribution in [0.25, 0.3) is 0 Å². The van der Waals surface area contributed by atoms with Crippen LogP contribution in [-0.2, 0) is 13.2 Å². The number of hydrogen-bond acceptors (Lipinski definition) is 3. The number of para-hydroxylation sites is 1. The smallest absolute Gasteiger partial charge is 0.276 e. The fraction of sp³-hybridized carbons (Fsp3) is 0.158. The van der Waals surface area contributed by atoms with Crippen molar-refractivity contribution in [3.8, 4) is 5.88 Å². The number of carbonyl (C=O) groups is 1. The predicted molar refractivity (Wildman–Crippen MR) is 91.1 cm³/mol. The summed E-state index contributed by atoms with van der Waals surface area (Å²) >= 11 is 0. The van der Waals surface area contributed by atoms with Crippen molar-refractivity contribution in [3.05, 3.63) is 77.7 Å². The second-order valence-corrected chi connectivity index (χ2v) is 5.77. The number of aromatic nitrogens is 2. The molecule has 5 nitrogen and oxygen atoms in total. The topological polar surface area (TPSA) is 47.4 Å². The van der Waals surface area contributed by atoms with Crippen LogP contribution in [0, 0.1) is 5.82 Å². The van der Waals surface area contributed by atoms with Gasteiger partial charge in [-0.05, 0) is 17.7 Å². The lowest BCUT2D eigenvalue weighted by Crippen LogP contribution is -2.40. The summed E-state index contributed by atoms with van der Waals surface area (Å²) in [4.78, 5) is 14.1. The first-order valence-corrected chi connectivity index (χ1v) is 8.03. The monoisotopic (exact) mass is 337 g/mol. The Balaban J connectivity index is 1.54. The largest absolute Gasteiger partial charge is 0.472 e. The van der Waals surface area contributed by atoms with Crippen molar-refractivity contribution in [1.29, 1.82) is 0 Å². The van der Waals surface area contributed by atoms with Gasteiger partial charge in [-0.25, -0.2) is 4.39 Å². The summed E-state index contributed by atoms with van der Waals surface area (Å²) in [6, 6.07) is 17.6. The maximum absolute atomic E-state index is 14.0. The highest BCUT2D eigenvalue weighted by atomic mass is 19.1. The van der Waals surface area contributed by atoms with Crippen LogP contribution in [0.1, 0.15) is 16.1 Å². The van der Waals surface area contributed by atoms with Gasteiger partial charge in [-0.1, -0.05) is 42.5 Å². The molecule has 126 valence electrons. The van der Waals surface area contributed by atoms with Crippen LogP contribution in [0.15, 0.2) is 60.7 Å². The molecule has 1 aliphatic rings. The molecule has 0 saturated carbocycles. The van der Waals surface area contributed by atoms with Crippen molar-refractivity contribution >= 4 is 11.6 Å². The van der Waals surface area contributed by atoms with Crippen LogP contribution in [0.5, 0.6) is 5.88 Å². The van der Waals surface area contributed by atoms with E-state index in [-0.39, 0.29) is 11.6 Å². The number of nitrogens with zero attached hydrogens (tertiary/aromatic N) is 3. The fourth-order valence-electron chi connectivity index (χ4n) is 2.87. The lowest BCUT2D eigenvalue weighted by Gasteiger charge is -2.27. The summed E-state index contributed by atoms with van der Waals surface area (Å²) in [5, 5.41) is 4.32. The zero-order valence-electron chi connectivity index (χ0n) is 13.4. The molecule has 2 heterocycles. The Morgan fingerprint density at radius 1 is 1.04 bits per heavy atom. The zero-order chi connectivity index (χ0) is 17.2. The molecule has 0 spiro atoms. The van der Waals surface area contributed by atoms with Crippen LogP contribution in [0.3, 0.4) is 0 Å². The average Bonchev–Trinajstić information content (AvgIpc) is 3.06. The first kappa shape index (κ1) is 15.4. The molecule has 4 rings (SSSR count). The standard InChI is InChI=1S/C19H16FN3O2/c20-15-8-4-5-9-16(15)22-10-11-23-17(19(22)24)12-18(21-23)25-13-14-6-2-1-3-7-14/h1-9,12H,10-11,13H2. The van der Waals surface area contributed by atoms with Gasteiger partial charge in [-0.2, -0.15) is 0 Å². The second-order valence-electron chi connectivity index (χ2n) is 5.77. The van der Waals surface area contributed by atoms with E-state index >= 15 is 0 Å². The number of hydrogen-bond donors (Lipinski definition) is 0. The van der Waals surface area contributed by atoms with E-state index in [9.17, 15) is 9.18 Å². The van der Waals surface area contributed by atoms with Gasteiger partial charge in [0, 0.05) is 12.6 Å². The fourth-order valence-corrected chi connectivity index (χ4v) is 2.87. The normalized spacial score (nSPS) is 13.6. The molecule has 0 radical (unpaired) electrons. The molecular weight excluding hydrogens is 321 g/mol. The Morgan fingerprint density at radius 2 is 1.80 bits per heavy atom. The Hall–Kier alpha value is -3.15. The number of carbonyl (C=O) groups excluding carboxylic acids is 1. The van der Waals surface area contributed by atoms with Crippen LogP contribution in [0.2, 0.25) is 0 Å². The number of anilines is 1. The van der Waals surface area contributed by atoms with Gasteiger partial charge in [0.2, 0.25) is 5.88 Å². The van der Waals surface area contributed by atoms with Crippen LogP contribution < -0.4 is 9.64 Å². The number of halogens is 1. The lowest BCUT2D eigenvalue weighted by atomic mass is 10.2. The molecule has 0 fully saturated rings. The van der Waals surface area contributed by atoms with Gasteiger partial charge in [-0.15, -0.1) is 5.10 Å². The third-order valence-corrected chi connectivity index (χ3v) is 4.13. The number of amides is 1. The maximum atomic E-state index is 14.0. The molecule has 25 heavy (non-hydrogen) atoms. The lowest BCUT2D eigenvalue weighted by molar-refractivity contribution is 0.0961. The van der Waals surface area contributed by atoms with E-state index in [4.69, 9.17) is 4.74 Å². The third kappa shape index (κ3) is 2.98. The number of fused-ring (bicyclic) bond motifs is 1. The first-order chi connectivity index (χ1) is 12.2. The van der Waals surface area contributed by atoms with Gasteiger partial charge < -0.3 is 9.64 Å². The van der Waals surface area contributed by atoms with Crippen LogP contribution in [0.4, 0.5) is 10.1 Å². The second kappa shape index (κ2) is 6.39. The highest BCUT2D eigenvalue weighted by Crippen LogP contribution is 2.25. The summed E-state index contributed by atoms with van der Waals surface area (Å²) in [5.74, 6) is -0.301. The number of ether oxygens (including phenoxy) is 1. The number of rotatable bonds is 4. The molecular formula is C19H16FN3O2. The molecule has 0 aliphatic carbocycles. The van der Waals surface area contributed by atoms with Crippen molar-refractivity contribution in [2.24, 2.45) is 0 Å². The van der Waals surface area contributed by atoms with E-state index in [2.05, 4.69) is 5.10 Å². The Kier molecular flexibility index (Phi) is 3.93. The minimum Gasteiger partial charge on any atom is -0.472 e. The number of benzene rings is 2. The summed E-state index contributed by atoms with van der Waals surface area (Å²) in [6.07, 6.45) is 0. The van der Waals surface area contributed by atoms with Gasteiger partial charge in [0.1, 0.15) is 18.1 Å². The van der Waals surface area contributed by atoms with E-state index in [1.165, 1.54) is 11.0 Å². The minimum absolute atomic E-state index is 0.279. The van der Waals surface area contributed by atoms with Crippen molar-refractivity contribution in [1.82, 2.24) is 9.78 Å². The minimum atomic E-state index is -0.413. The SMILES string of the molecule is O=C1c2cc(OCc3ccccc3)nn2CCN1c1ccccc1F. The highest BCUT2D eigenvalue weighted by Gasteiger charge is 2.29. The third-order valence-electron chi connectivity index (χ3n) is 4.13. The zero-order valence-corrected chi connectivity index (χ0v) is 13.4. The van der Waals surface area contributed by atoms with Gasteiger partial charge in [0.15, 0.2) is 0 Å². The van der Waals surface area contributed by atoms with E-state index in [0.29, 0.717) is 31.3 Å². The summed E-state index contributed by atoms with van der Waals surface area (Å²) in [5.41, 5.74) is 1.71. The molecule has 0 bridgehead atoms. The van der Waals surface area contributed by atoms with Crippen molar-refractivity contribution in [2.75, 3.05) is 11.4 Å². The Labute approximate surface area is 144 Å². The van der Waals surface area contributed by atoms with Crippen molar-refractivity contribution < 1.29 is 13.9 Å². The maximum Gasteiger partial charge on any atom is 0.276 e. The highest BCUT2D eigenvalue weighted by molar-refractivity contribution is 6.05. The molecule has 3 aromatic rings. The van der Waals surface area contributed by atoms with Gasteiger partial charge in [0.25, 0.3) is 5.91 Å². The predicted octanol–water partition coefficient (Wildman–Crippen LogP) is 3.26. The molecule has 0 atom stereocenters. The van der Waals surface area contributed by atoms with E-state index in [1.54, 1.807) is 28.9 Å². The van der Waals surface area contributed by atoms with Crippen molar-refractivity contribution in [2.45, 2.75) is 13.2 Å². The van der Waals surface area contributed by atoms with Gasteiger partial charge in [0.05, 0.1) is 12.2 Å². The van der Waals surface area contributed by atoms with E-state index < -0.39 is 5.82 Å². The average molecular weight is 337 g/mol. The van der Waals surface area contributed by atoms with E-state index in [1.807, 2.05) is 30.3 Å². The molecule has 0 N–H and O–H groups in total. The summed E-state index contributed by atoms with van der Waals surface area (Å²) in [6.45, 7) is 1.24. The summed E-state index contributed by atoms with van der Waals surface area (Å²) < 4.78 is 21.3. The Morgan fingerprint density at radius 3 is 2.60 bits per heavy atom. The molecule has 2 aromatic carbocycles. The van der Waals surface area contributed by atoms with Gasteiger partial charge >= 0.3 is 0 Å². The Bertz CT molecular complexity index is 908.